The first-order valence-corrected chi connectivity index (χ1v) is 6.31. The van der Waals surface area contributed by atoms with Gasteiger partial charge in [-0.2, -0.15) is 0 Å². The summed E-state index contributed by atoms with van der Waals surface area (Å²) in [5.41, 5.74) is 0. The van der Waals surface area contributed by atoms with E-state index in [1.165, 1.54) is 32.1 Å². The summed E-state index contributed by atoms with van der Waals surface area (Å²) in [4.78, 5) is 0. The number of unbranched alkanes of at least 4 members (excludes halogenated alkanes) is 2. The lowest BCUT2D eigenvalue weighted by Crippen LogP contribution is -2.08. The maximum absolute atomic E-state index is 2.29. The molecule has 1 saturated heterocycles. The second-order valence-corrected chi connectivity index (χ2v) is 5.59. The van der Waals surface area contributed by atoms with Crippen molar-refractivity contribution in [3.63, 3.8) is 0 Å². The van der Waals surface area contributed by atoms with Gasteiger partial charge in [-0.1, -0.05) is 13.3 Å². The van der Waals surface area contributed by atoms with Gasteiger partial charge in [0.25, 0.3) is 0 Å². The van der Waals surface area contributed by atoms with Crippen LogP contribution in [0.4, 0.5) is 0 Å². The smallest absolute Gasteiger partial charge is 0.0654 e. The standard InChI is InChI=1S/C9H19S/c1-2-3-4-7-10-8-5-6-9-10/h2-9H2,1H3/q+1. The minimum Gasteiger partial charge on any atom is -0.0654 e. The van der Waals surface area contributed by atoms with E-state index in [9.17, 15) is 0 Å². The Morgan fingerprint density at radius 3 is 2.40 bits per heavy atom. The molecular weight excluding hydrogens is 140 g/mol. The van der Waals surface area contributed by atoms with Gasteiger partial charge >= 0.3 is 0 Å². The SMILES string of the molecule is CCCCC[S+]1CCCC1. The summed E-state index contributed by atoms with van der Waals surface area (Å²) in [5, 5.41) is 0. The van der Waals surface area contributed by atoms with E-state index in [1.54, 1.807) is 17.3 Å². The highest BCUT2D eigenvalue weighted by molar-refractivity contribution is 7.97. The summed E-state index contributed by atoms with van der Waals surface area (Å²) in [7, 11) is 0.871. The summed E-state index contributed by atoms with van der Waals surface area (Å²) in [6.45, 7) is 2.29. The summed E-state index contributed by atoms with van der Waals surface area (Å²) in [6.07, 6.45) is 7.39. The van der Waals surface area contributed by atoms with Crippen LogP contribution in [0.5, 0.6) is 0 Å². The van der Waals surface area contributed by atoms with E-state index in [0.717, 1.165) is 10.9 Å². The average Bonchev–Trinajstić information content (AvgIpc) is 2.41. The van der Waals surface area contributed by atoms with Gasteiger partial charge in [0, 0.05) is 0 Å². The van der Waals surface area contributed by atoms with Gasteiger partial charge in [0.2, 0.25) is 0 Å². The van der Waals surface area contributed by atoms with Crippen LogP contribution in [0.3, 0.4) is 0 Å². The zero-order chi connectivity index (χ0) is 7.23. The van der Waals surface area contributed by atoms with Crippen LogP contribution in [-0.2, 0) is 10.9 Å². The highest BCUT2D eigenvalue weighted by atomic mass is 32.2. The molecule has 1 aliphatic rings. The van der Waals surface area contributed by atoms with Gasteiger partial charge in [-0.3, -0.25) is 0 Å². The Morgan fingerprint density at radius 1 is 1.10 bits per heavy atom. The molecule has 0 nitrogen and oxygen atoms in total. The molecule has 0 radical (unpaired) electrons. The van der Waals surface area contributed by atoms with E-state index in [1.807, 2.05) is 0 Å². The molecule has 1 heterocycles. The molecule has 10 heavy (non-hydrogen) atoms. The van der Waals surface area contributed by atoms with E-state index in [2.05, 4.69) is 6.92 Å². The van der Waals surface area contributed by atoms with Crippen LogP contribution in [0.25, 0.3) is 0 Å². The fourth-order valence-electron chi connectivity index (χ4n) is 1.47. The highest BCUT2D eigenvalue weighted by Gasteiger charge is 2.22. The van der Waals surface area contributed by atoms with Gasteiger partial charge in [0.05, 0.1) is 0 Å². The van der Waals surface area contributed by atoms with Crippen LogP contribution in [-0.4, -0.2) is 17.3 Å². The molecule has 0 amide bonds. The van der Waals surface area contributed by atoms with Gasteiger partial charge < -0.3 is 0 Å². The van der Waals surface area contributed by atoms with Crippen LogP contribution in [0.15, 0.2) is 0 Å². The first-order chi connectivity index (χ1) is 4.93. The summed E-state index contributed by atoms with van der Waals surface area (Å²) in [6, 6.07) is 0. The third-order valence-corrected chi connectivity index (χ3v) is 4.75. The third kappa shape index (κ3) is 2.96. The van der Waals surface area contributed by atoms with E-state index < -0.39 is 0 Å². The molecule has 1 heteroatoms. The molecule has 1 aliphatic heterocycles. The molecule has 0 bridgehead atoms. The zero-order valence-electron chi connectivity index (χ0n) is 7.07. The first kappa shape index (κ1) is 8.45. The monoisotopic (exact) mass is 159 g/mol. The maximum Gasteiger partial charge on any atom is 0.108 e. The molecule has 0 aromatic carbocycles. The molecule has 0 saturated carbocycles. The maximum atomic E-state index is 2.29. The minimum absolute atomic E-state index is 0.871. The molecule has 0 unspecified atom stereocenters. The Morgan fingerprint density at radius 2 is 1.80 bits per heavy atom. The van der Waals surface area contributed by atoms with Gasteiger partial charge in [0.15, 0.2) is 0 Å². The van der Waals surface area contributed by atoms with Gasteiger partial charge in [0.1, 0.15) is 17.3 Å². The van der Waals surface area contributed by atoms with Crippen molar-refractivity contribution in [1.82, 2.24) is 0 Å². The largest absolute Gasteiger partial charge is 0.108 e. The molecule has 1 rings (SSSR count). The van der Waals surface area contributed by atoms with Crippen molar-refractivity contribution in [1.29, 1.82) is 0 Å². The molecule has 0 atom stereocenters. The van der Waals surface area contributed by atoms with Gasteiger partial charge in [-0.05, 0) is 36.6 Å². The Bertz CT molecular complexity index is 74.8. The van der Waals surface area contributed by atoms with Crippen LogP contribution in [0.1, 0.15) is 39.0 Å². The Labute approximate surface area is 67.7 Å². The predicted molar refractivity (Wildman–Crippen MR) is 50.7 cm³/mol. The third-order valence-electron chi connectivity index (χ3n) is 2.15. The fraction of sp³-hybridized carbons (Fsp3) is 1.00. The number of rotatable bonds is 4. The Kier molecular flexibility index (Phi) is 4.27. The molecular formula is C9H19S+. The van der Waals surface area contributed by atoms with Crippen molar-refractivity contribution in [3.8, 4) is 0 Å². The lowest BCUT2D eigenvalue weighted by atomic mass is 10.3. The molecule has 60 valence electrons. The van der Waals surface area contributed by atoms with E-state index in [-0.39, 0.29) is 0 Å². The van der Waals surface area contributed by atoms with E-state index in [4.69, 9.17) is 0 Å². The van der Waals surface area contributed by atoms with Gasteiger partial charge in [-0.25, -0.2) is 0 Å². The molecule has 0 N–H and O–H groups in total. The number of hydrogen-bond donors (Lipinski definition) is 0. The van der Waals surface area contributed by atoms with Crippen molar-refractivity contribution in [2.24, 2.45) is 0 Å². The average molecular weight is 159 g/mol. The summed E-state index contributed by atoms with van der Waals surface area (Å²) < 4.78 is 0. The molecule has 0 aromatic rings. The fourth-order valence-corrected chi connectivity index (χ4v) is 3.92. The number of hydrogen-bond acceptors (Lipinski definition) is 0. The zero-order valence-corrected chi connectivity index (χ0v) is 7.88. The molecule has 0 aromatic heterocycles. The Balaban J connectivity index is 1.91. The van der Waals surface area contributed by atoms with Gasteiger partial charge in [-0.15, -0.1) is 0 Å². The van der Waals surface area contributed by atoms with Crippen molar-refractivity contribution in [3.05, 3.63) is 0 Å². The van der Waals surface area contributed by atoms with Crippen LogP contribution >= 0.6 is 0 Å². The van der Waals surface area contributed by atoms with Crippen LogP contribution in [0, 0.1) is 0 Å². The lowest BCUT2D eigenvalue weighted by Gasteiger charge is -1.98. The summed E-state index contributed by atoms with van der Waals surface area (Å²) >= 11 is 0. The van der Waals surface area contributed by atoms with Crippen molar-refractivity contribution in [2.45, 2.75) is 39.0 Å². The van der Waals surface area contributed by atoms with Crippen molar-refractivity contribution < 1.29 is 0 Å². The molecule has 0 aliphatic carbocycles. The van der Waals surface area contributed by atoms with E-state index in [0.29, 0.717) is 0 Å². The van der Waals surface area contributed by atoms with Crippen molar-refractivity contribution >= 4 is 10.9 Å². The van der Waals surface area contributed by atoms with Crippen LogP contribution < -0.4 is 0 Å². The quantitative estimate of drug-likeness (QED) is 0.437. The lowest BCUT2D eigenvalue weighted by molar-refractivity contribution is 0.777. The molecule has 1 fully saturated rings. The highest BCUT2D eigenvalue weighted by Crippen LogP contribution is 2.15. The van der Waals surface area contributed by atoms with Crippen LogP contribution in [0.2, 0.25) is 0 Å². The minimum atomic E-state index is 0.871. The second kappa shape index (κ2) is 5.06. The second-order valence-electron chi connectivity index (χ2n) is 3.14. The van der Waals surface area contributed by atoms with Crippen molar-refractivity contribution in [2.75, 3.05) is 17.3 Å². The van der Waals surface area contributed by atoms with E-state index >= 15 is 0 Å². The predicted octanol–water partition coefficient (Wildman–Crippen LogP) is 2.59. The molecule has 0 spiro atoms. The normalized spacial score (nSPS) is 20.1. The first-order valence-electron chi connectivity index (χ1n) is 4.57. The topological polar surface area (TPSA) is 0 Å². The Hall–Kier alpha value is 0.350. The summed E-state index contributed by atoms with van der Waals surface area (Å²) in [5.74, 6) is 4.67.